The van der Waals surface area contributed by atoms with Crippen LogP contribution in [-0.2, 0) is 9.59 Å². The molecule has 1 fully saturated rings. The molecule has 0 saturated carbocycles. The highest BCUT2D eigenvalue weighted by molar-refractivity contribution is 7.22. The topological polar surface area (TPSA) is 89.0 Å². The molecule has 1 atom stereocenters. The molecule has 3 heterocycles. The van der Waals surface area contributed by atoms with E-state index >= 15 is 0 Å². The Balaban J connectivity index is 1.75. The number of fused-ring (bicyclic) bond motifs is 1. The number of carbonyl (C=O) groups excluding carboxylic acids is 2. The quantitative estimate of drug-likeness (QED) is 0.162. The number of rotatable bonds is 5. The van der Waals surface area contributed by atoms with Gasteiger partial charge >= 0.3 is 5.91 Å². The van der Waals surface area contributed by atoms with Gasteiger partial charge in [-0.25, -0.2) is 13.8 Å². The number of benzene rings is 2. The van der Waals surface area contributed by atoms with Crippen molar-refractivity contribution in [1.82, 2.24) is 4.98 Å². The number of aliphatic hydroxyl groups is 1. The van der Waals surface area contributed by atoms with Crippen LogP contribution in [0.5, 0.6) is 11.5 Å². The molecule has 0 aliphatic carbocycles. The van der Waals surface area contributed by atoms with Gasteiger partial charge in [-0.3, -0.25) is 14.5 Å². The number of anilines is 1. The number of hydrogen-bond acceptors (Lipinski definition) is 8. The number of ketones is 1. The van der Waals surface area contributed by atoms with Gasteiger partial charge in [0.05, 0.1) is 40.6 Å². The van der Waals surface area contributed by atoms with Crippen molar-refractivity contribution >= 4 is 78.7 Å². The fourth-order valence-corrected chi connectivity index (χ4v) is 6.56. The van der Waals surface area contributed by atoms with Crippen molar-refractivity contribution in [3.05, 3.63) is 73.4 Å². The molecule has 1 saturated heterocycles. The molecule has 2 aromatic carbocycles. The Morgan fingerprint density at radius 2 is 1.81 bits per heavy atom. The molecule has 5 rings (SSSR count). The van der Waals surface area contributed by atoms with Crippen molar-refractivity contribution in [3.63, 3.8) is 0 Å². The number of thiophene rings is 1. The third-order valence-electron chi connectivity index (χ3n) is 5.68. The van der Waals surface area contributed by atoms with E-state index in [-0.39, 0.29) is 48.0 Å². The molecule has 0 radical (unpaired) electrons. The summed E-state index contributed by atoms with van der Waals surface area (Å²) in [6, 6.07) is 5.48. The van der Waals surface area contributed by atoms with Crippen LogP contribution in [-0.4, -0.2) is 36.0 Å². The van der Waals surface area contributed by atoms with Gasteiger partial charge < -0.3 is 14.6 Å². The third kappa shape index (κ3) is 4.02. The average Bonchev–Trinajstić information content (AvgIpc) is 3.58. The minimum Gasteiger partial charge on any atom is -0.507 e. The predicted molar refractivity (Wildman–Crippen MR) is 138 cm³/mol. The highest BCUT2D eigenvalue weighted by Gasteiger charge is 2.49. The van der Waals surface area contributed by atoms with Crippen LogP contribution in [0.25, 0.3) is 16.0 Å². The standard InChI is InChI=1S/C24H14Cl2F2N2O5S2/c1-34-21-9(6-10(25)22(35-2)17(21)26)19(31)16-18(14-4-3-5-36-14)30(23(33)20(16)32)24-29-13-7-11(27)12(28)8-15(13)37-24/h3-8,18,31H,1-2H3/b19-16+. The first-order chi connectivity index (χ1) is 17.7. The molecule has 0 spiro atoms. The van der Waals surface area contributed by atoms with Gasteiger partial charge in [0.2, 0.25) is 0 Å². The molecule has 4 aromatic rings. The van der Waals surface area contributed by atoms with Crippen LogP contribution in [0, 0.1) is 11.6 Å². The minimum absolute atomic E-state index is 0.0253. The van der Waals surface area contributed by atoms with Crippen molar-refractivity contribution in [3.8, 4) is 11.5 Å². The number of halogens is 4. The Labute approximate surface area is 226 Å². The lowest BCUT2D eigenvalue weighted by Crippen LogP contribution is -2.28. The summed E-state index contributed by atoms with van der Waals surface area (Å²) in [5.74, 6) is -4.66. The number of Topliss-reactive ketones (excluding diaryl/α,β-unsaturated/α-hetero) is 1. The number of amides is 1. The van der Waals surface area contributed by atoms with Crippen molar-refractivity contribution in [2.45, 2.75) is 6.04 Å². The number of thiazole rings is 1. The van der Waals surface area contributed by atoms with E-state index < -0.39 is 35.1 Å². The summed E-state index contributed by atoms with van der Waals surface area (Å²) in [5.41, 5.74) is -0.188. The molecule has 1 unspecified atom stereocenters. The fourth-order valence-electron chi connectivity index (χ4n) is 4.05. The molecule has 37 heavy (non-hydrogen) atoms. The number of aliphatic hydroxyl groups excluding tert-OH is 1. The number of hydrogen-bond donors (Lipinski definition) is 1. The average molecular weight is 583 g/mol. The van der Waals surface area contributed by atoms with Crippen LogP contribution in [0.15, 0.2) is 41.3 Å². The Morgan fingerprint density at radius 3 is 2.46 bits per heavy atom. The Kier molecular flexibility index (Phi) is 6.57. The first-order valence-electron chi connectivity index (χ1n) is 10.4. The Morgan fingerprint density at radius 1 is 1.11 bits per heavy atom. The van der Waals surface area contributed by atoms with Crippen LogP contribution < -0.4 is 14.4 Å². The number of ether oxygens (including phenoxy) is 2. The summed E-state index contributed by atoms with van der Waals surface area (Å²) in [6.07, 6.45) is 0. The second kappa shape index (κ2) is 9.56. The summed E-state index contributed by atoms with van der Waals surface area (Å²) in [4.78, 5) is 32.6. The van der Waals surface area contributed by atoms with Gasteiger partial charge in [-0.2, -0.15) is 0 Å². The second-order valence-corrected chi connectivity index (χ2v) is 10.5. The van der Waals surface area contributed by atoms with Crippen molar-refractivity contribution in [2.75, 3.05) is 19.1 Å². The zero-order valence-corrected chi connectivity index (χ0v) is 22.0. The molecule has 7 nitrogen and oxygen atoms in total. The van der Waals surface area contributed by atoms with Crippen molar-refractivity contribution in [1.29, 1.82) is 0 Å². The molecule has 13 heteroatoms. The smallest absolute Gasteiger partial charge is 0.301 e. The molecule has 190 valence electrons. The van der Waals surface area contributed by atoms with Gasteiger partial charge in [0.15, 0.2) is 28.3 Å². The van der Waals surface area contributed by atoms with E-state index in [0.717, 1.165) is 28.4 Å². The van der Waals surface area contributed by atoms with Crippen LogP contribution in [0.1, 0.15) is 16.5 Å². The van der Waals surface area contributed by atoms with Gasteiger partial charge in [0.1, 0.15) is 16.8 Å². The number of carbonyl (C=O) groups is 2. The Bertz CT molecular complexity index is 1580. The van der Waals surface area contributed by atoms with E-state index in [1.165, 1.54) is 31.6 Å². The maximum Gasteiger partial charge on any atom is 0.301 e. The molecule has 0 bridgehead atoms. The maximum atomic E-state index is 13.8. The monoisotopic (exact) mass is 582 g/mol. The predicted octanol–water partition coefficient (Wildman–Crippen LogP) is 6.59. The highest BCUT2D eigenvalue weighted by atomic mass is 35.5. The van der Waals surface area contributed by atoms with Crippen molar-refractivity contribution < 1.29 is 33.0 Å². The molecule has 1 N–H and O–H groups in total. The summed E-state index contributed by atoms with van der Waals surface area (Å²) < 4.78 is 38.4. The normalized spacial score (nSPS) is 17.1. The third-order valence-corrected chi connectivity index (χ3v) is 8.24. The lowest BCUT2D eigenvalue weighted by molar-refractivity contribution is -0.132. The van der Waals surface area contributed by atoms with Crippen LogP contribution >= 0.6 is 45.9 Å². The van der Waals surface area contributed by atoms with E-state index in [1.54, 1.807) is 17.5 Å². The molecule has 2 aromatic heterocycles. The molecule has 1 aliphatic heterocycles. The van der Waals surface area contributed by atoms with Crippen molar-refractivity contribution in [2.24, 2.45) is 0 Å². The van der Waals surface area contributed by atoms with E-state index in [0.29, 0.717) is 4.88 Å². The van der Waals surface area contributed by atoms with Crippen LogP contribution in [0.2, 0.25) is 10.0 Å². The lowest BCUT2D eigenvalue weighted by atomic mass is 9.99. The summed E-state index contributed by atoms with van der Waals surface area (Å²) in [7, 11) is 2.66. The van der Waals surface area contributed by atoms with Crippen LogP contribution in [0.3, 0.4) is 0 Å². The Hall–Kier alpha value is -3.25. The van der Waals surface area contributed by atoms with Gasteiger partial charge in [0, 0.05) is 10.9 Å². The molecule has 1 amide bonds. The number of aromatic nitrogens is 1. The van der Waals surface area contributed by atoms with Crippen LogP contribution in [0.4, 0.5) is 13.9 Å². The zero-order chi connectivity index (χ0) is 26.6. The number of methoxy groups -OCH3 is 2. The van der Waals surface area contributed by atoms with E-state index in [4.69, 9.17) is 32.7 Å². The van der Waals surface area contributed by atoms with E-state index in [1.807, 2.05) is 0 Å². The molecular formula is C24H14Cl2F2N2O5S2. The van der Waals surface area contributed by atoms with Gasteiger partial charge in [-0.1, -0.05) is 40.6 Å². The van der Waals surface area contributed by atoms with Gasteiger partial charge in [-0.15, -0.1) is 11.3 Å². The molecule has 1 aliphatic rings. The first-order valence-corrected chi connectivity index (χ1v) is 12.8. The lowest BCUT2D eigenvalue weighted by Gasteiger charge is -2.22. The minimum atomic E-state index is -1.10. The summed E-state index contributed by atoms with van der Waals surface area (Å²) in [6.45, 7) is 0. The highest BCUT2D eigenvalue weighted by Crippen LogP contribution is 2.49. The summed E-state index contributed by atoms with van der Waals surface area (Å²) in [5, 5.41) is 13.2. The largest absolute Gasteiger partial charge is 0.507 e. The van der Waals surface area contributed by atoms with E-state index in [9.17, 15) is 23.5 Å². The second-order valence-electron chi connectivity index (χ2n) is 7.70. The first kappa shape index (κ1) is 25.4. The molecular weight excluding hydrogens is 569 g/mol. The zero-order valence-electron chi connectivity index (χ0n) is 18.8. The number of nitrogens with zero attached hydrogens (tertiary/aromatic N) is 2. The maximum absolute atomic E-state index is 13.8. The van der Waals surface area contributed by atoms with Gasteiger partial charge in [0.25, 0.3) is 5.78 Å². The SMILES string of the molecule is COc1c(Cl)cc(/C(O)=C2\C(=O)C(=O)N(c3nc4cc(F)c(F)cc4s3)C2c2cccs2)c(OC)c1Cl. The van der Waals surface area contributed by atoms with E-state index in [2.05, 4.69) is 4.98 Å². The summed E-state index contributed by atoms with van der Waals surface area (Å²) >= 11 is 14.8. The fraction of sp³-hybridized carbons (Fsp3) is 0.125. The van der Waals surface area contributed by atoms with Gasteiger partial charge in [-0.05, 0) is 23.6 Å².